The standard InChI is InChI=1S/C60H86N6S6/c1-7-13-19-25-31-67-49-37-43-44(38-50(49)68-32-26-20-14-8-2)56-61-55(43)64-57-45-39-51(69-33-27-21-15-9-3)52(70-34-28-22-16-10-4)40-46(45)59(62-57)66-60-48-42-54(72-36-30-24-18-12-6)53(71-35-29-23-17-11-5)41-47(48)58(63-60)65-56/h37-42H,7-36H2,1-6H3,(H2,61,62,63,64,65,66). The Hall–Kier alpha value is -2.22. The molecule has 0 unspecified atom stereocenters. The summed E-state index contributed by atoms with van der Waals surface area (Å²) in [6.07, 6.45) is 30.4. The summed E-state index contributed by atoms with van der Waals surface area (Å²) < 4.78 is 0. The van der Waals surface area contributed by atoms with Gasteiger partial charge in [0.25, 0.3) is 0 Å². The molecule has 2 N–H and O–H groups in total. The minimum Gasteiger partial charge on any atom is -0.324 e. The molecule has 12 heteroatoms. The van der Waals surface area contributed by atoms with E-state index in [0.29, 0.717) is 0 Å². The molecule has 6 bridgehead atoms. The van der Waals surface area contributed by atoms with Gasteiger partial charge in [-0.2, -0.15) is 0 Å². The largest absolute Gasteiger partial charge is 0.324 e. The van der Waals surface area contributed by atoms with Gasteiger partial charge in [-0.05, 0) is 109 Å². The van der Waals surface area contributed by atoms with E-state index in [1.165, 1.54) is 183 Å². The van der Waals surface area contributed by atoms with E-state index in [1.807, 2.05) is 70.6 Å². The maximum Gasteiger partial charge on any atom is 0.164 e. The van der Waals surface area contributed by atoms with E-state index in [1.54, 1.807) is 0 Å². The fraction of sp³-hybridized carbons (Fsp3) is 0.600. The zero-order valence-electron chi connectivity index (χ0n) is 44.9. The Labute approximate surface area is 459 Å². The van der Waals surface area contributed by atoms with Crippen molar-refractivity contribution < 1.29 is 0 Å². The Balaban J connectivity index is 1.45. The number of rotatable bonds is 36. The van der Waals surface area contributed by atoms with Crippen LogP contribution in [0.5, 0.6) is 0 Å². The normalized spacial score (nSPS) is 12.1. The number of benzene rings is 3. The number of unbranched alkanes of at least 4 members (excludes halogenated alkanes) is 18. The highest BCUT2D eigenvalue weighted by molar-refractivity contribution is 8.03. The number of hydrogen-bond donors (Lipinski definition) is 2. The SMILES string of the molecule is CCCCCCSc1cc2c(cc1SCCCCCC)-c1nc-2nc2[nH]c(nc3[nH]c(n1)c1cc(SCCCCCC)c(SCCCCCC)cc31)c1cc(SCCCCCC)c(SCCCCCC)cc21. The molecule has 1 aliphatic heterocycles. The van der Waals surface area contributed by atoms with Crippen molar-refractivity contribution in [3.05, 3.63) is 36.4 Å². The fourth-order valence-electron chi connectivity index (χ4n) is 9.34. The first-order chi connectivity index (χ1) is 35.5. The van der Waals surface area contributed by atoms with Gasteiger partial charge in [-0.25, -0.2) is 19.9 Å². The molecule has 0 saturated heterocycles. The smallest absolute Gasteiger partial charge is 0.164 e. The molecule has 72 heavy (non-hydrogen) atoms. The maximum absolute atomic E-state index is 5.61. The third-order valence-electron chi connectivity index (χ3n) is 13.6. The van der Waals surface area contributed by atoms with E-state index >= 15 is 0 Å². The first kappa shape index (κ1) is 57.5. The molecule has 0 atom stereocenters. The number of nitrogens with one attached hydrogen (secondary N) is 2. The molecule has 7 rings (SSSR count). The van der Waals surface area contributed by atoms with E-state index in [2.05, 4.69) is 87.9 Å². The van der Waals surface area contributed by atoms with Crippen LogP contribution >= 0.6 is 70.6 Å². The van der Waals surface area contributed by atoms with Gasteiger partial charge in [-0.15, -0.1) is 70.6 Å². The Kier molecular flexibility index (Phi) is 25.3. The molecule has 0 radical (unpaired) electrons. The van der Waals surface area contributed by atoms with Crippen LogP contribution in [0.4, 0.5) is 0 Å². The second kappa shape index (κ2) is 31.7. The van der Waals surface area contributed by atoms with Crippen molar-refractivity contribution in [2.75, 3.05) is 34.5 Å². The monoisotopic (exact) mass is 1080 g/mol. The van der Waals surface area contributed by atoms with Crippen molar-refractivity contribution in [3.63, 3.8) is 0 Å². The molecule has 392 valence electrons. The van der Waals surface area contributed by atoms with Crippen LogP contribution in [-0.2, 0) is 0 Å². The van der Waals surface area contributed by atoms with Gasteiger partial charge >= 0.3 is 0 Å². The third-order valence-corrected chi connectivity index (χ3v) is 20.9. The van der Waals surface area contributed by atoms with Crippen LogP contribution in [0.2, 0.25) is 0 Å². The molecule has 0 saturated carbocycles. The van der Waals surface area contributed by atoms with Crippen molar-refractivity contribution in [1.82, 2.24) is 29.9 Å². The Morgan fingerprint density at radius 1 is 0.278 bits per heavy atom. The van der Waals surface area contributed by atoms with Gasteiger partial charge in [-0.1, -0.05) is 157 Å². The Morgan fingerprint density at radius 3 is 0.764 bits per heavy atom. The number of thioether (sulfide) groups is 6. The number of hydrogen-bond acceptors (Lipinski definition) is 10. The van der Waals surface area contributed by atoms with E-state index in [0.717, 1.165) is 101 Å². The van der Waals surface area contributed by atoms with Crippen LogP contribution in [-0.4, -0.2) is 64.4 Å². The van der Waals surface area contributed by atoms with Crippen molar-refractivity contribution >= 4 is 115 Å². The molecular formula is C60H86N6S6. The average molecular weight is 1080 g/mol. The zero-order chi connectivity index (χ0) is 50.3. The predicted molar refractivity (Wildman–Crippen MR) is 328 cm³/mol. The highest BCUT2D eigenvalue weighted by Crippen LogP contribution is 2.45. The molecule has 3 aromatic heterocycles. The third kappa shape index (κ3) is 16.4. The molecule has 1 aliphatic rings. The van der Waals surface area contributed by atoms with Gasteiger partial charge in [0.15, 0.2) is 11.6 Å². The Bertz CT molecular complexity index is 2500. The molecule has 0 spiro atoms. The highest BCUT2D eigenvalue weighted by atomic mass is 32.2. The summed E-state index contributed by atoms with van der Waals surface area (Å²) in [5.74, 6) is 8.18. The lowest BCUT2D eigenvalue weighted by Crippen LogP contribution is -1.90. The molecule has 3 aromatic carbocycles. The highest BCUT2D eigenvalue weighted by Gasteiger charge is 2.25. The first-order valence-corrected chi connectivity index (χ1v) is 34.4. The summed E-state index contributed by atoms with van der Waals surface area (Å²) in [5.41, 5.74) is 5.49. The summed E-state index contributed by atoms with van der Waals surface area (Å²) in [7, 11) is 0. The molecule has 0 aliphatic carbocycles. The zero-order valence-corrected chi connectivity index (χ0v) is 49.8. The molecule has 4 heterocycles. The fourth-order valence-corrected chi connectivity index (χ4v) is 16.2. The summed E-state index contributed by atoms with van der Waals surface area (Å²) in [5, 5.41) is 4.46. The topological polar surface area (TPSA) is 83.1 Å². The maximum atomic E-state index is 5.61. The van der Waals surface area contributed by atoms with Crippen molar-refractivity contribution in [3.8, 4) is 22.8 Å². The van der Waals surface area contributed by atoms with Crippen molar-refractivity contribution in [1.29, 1.82) is 0 Å². The minimum atomic E-state index is 0.732. The summed E-state index contributed by atoms with van der Waals surface area (Å²) in [6, 6.07) is 14.6. The molecule has 0 amide bonds. The van der Waals surface area contributed by atoms with E-state index in [-0.39, 0.29) is 0 Å². The summed E-state index contributed by atoms with van der Waals surface area (Å²) in [4.78, 5) is 38.0. The Morgan fingerprint density at radius 2 is 0.514 bits per heavy atom. The van der Waals surface area contributed by atoms with E-state index in [9.17, 15) is 0 Å². The van der Waals surface area contributed by atoms with E-state index < -0.39 is 0 Å². The lowest BCUT2D eigenvalue weighted by molar-refractivity contribution is 0.706. The molecule has 0 fully saturated rings. The van der Waals surface area contributed by atoms with Gasteiger partial charge in [0.2, 0.25) is 0 Å². The second-order valence-electron chi connectivity index (χ2n) is 19.7. The van der Waals surface area contributed by atoms with Gasteiger partial charge in [0.1, 0.15) is 22.6 Å². The average Bonchev–Trinajstić information content (AvgIpc) is 4.01. The van der Waals surface area contributed by atoms with Gasteiger partial charge in [0, 0.05) is 62.0 Å². The van der Waals surface area contributed by atoms with Crippen LogP contribution in [0.1, 0.15) is 196 Å². The number of fused-ring (bicyclic) bond motifs is 15. The number of nitrogens with zero attached hydrogens (tertiary/aromatic N) is 4. The molecule has 6 nitrogen and oxygen atoms in total. The predicted octanol–water partition coefficient (Wildman–Crippen LogP) is 21.3. The quantitative estimate of drug-likeness (QED) is 0.0293. The molecular weight excluding hydrogens is 997 g/mol. The minimum absolute atomic E-state index is 0.732. The van der Waals surface area contributed by atoms with Crippen molar-refractivity contribution in [2.45, 2.75) is 225 Å². The van der Waals surface area contributed by atoms with Crippen LogP contribution in [0.15, 0.2) is 65.8 Å². The van der Waals surface area contributed by atoms with Gasteiger partial charge < -0.3 is 9.97 Å². The number of H-pyrrole nitrogens is 2. The van der Waals surface area contributed by atoms with Crippen LogP contribution < -0.4 is 0 Å². The first-order valence-electron chi connectivity index (χ1n) is 28.5. The van der Waals surface area contributed by atoms with Gasteiger partial charge in [-0.3, -0.25) is 0 Å². The van der Waals surface area contributed by atoms with E-state index in [4.69, 9.17) is 19.9 Å². The lowest BCUT2D eigenvalue weighted by atomic mass is 10.1. The second-order valence-corrected chi connectivity index (χ2v) is 26.5. The lowest BCUT2D eigenvalue weighted by Gasteiger charge is -2.12. The van der Waals surface area contributed by atoms with Gasteiger partial charge in [0.05, 0.1) is 0 Å². The summed E-state index contributed by atoms with van der Waals surface area (Å²) >= 11 is 12.1. The van der Waals surface area contributed by atoms with Crippen LogP contribution in [0.25, 0.3) is 66.9 Å². The van der Waals surface area contributed by atoms with Crippen LogP contribution in [0, 0.1) is 0 Å². The number of aromatic amines is 2. The van der Waals surface area contributed by atoms with Crippen LogP contribution in [0.3, 0.4) is 0 Å². The van der Waals surface area contributed by atoms with Crippen molar-refractivity contribution in [2.24, 2.45) is 0 Å². The number of aromatic nitrogens is 6. The summed E-state index contributed by atoms with van der Waals surface area (Å²) in [6.45, 7) is 13.8. The molecule has 6 aromatic rings.